The lowest BCUT2D eigenvalue weighted by atomic mass is 10.2. The second-order valence-electron chi connectivity index (χ2n) is 3.74. The number of aromatic nitrogens is 1. The van der Waals surface area contributed by atoms with E-state index in [0.29, 0.717) is 0 Å². The molecule has 2 heterocycles. The van der Waals surface area contributed by atoms with Crippen LogP contribution in [0.25, 0.3) is 10.4 Å². The van der Waals surface area contributed by atoms with Gasteiger partial charge < -0.3 is 5.32 Å². The first-order valence-electron chi connectivity index (χ1n) is 5.58. The SMILES string of the molecule is CCCNCc1cncc(-c2cccs2)c1. The van der Waals surface area contributed by atoms with Gasteiger partial charge in [-0.2, -0.15) is 0 Å². The molecule has 16 heavy (non-hydrogen) atoms. The Balaban J connectivity index is 2.08. The van der Waals surface area contributed by atoms with Crippen LogP contribution in [0.1, 0.15) is 18.9 Å². The maximum Gasteiger partial charge on any atom is 0.0358 e. The summed E-state index contributed by atoms with van der Waals surface area (Å²) in [5, 5.41) is 5.48. The molecule has 0 amide bonds. The summed E-state index contributed by atoms with van der Waals surface area (Å²) >= 11 is 1.75. The average molecular weight is 232 g/mol. The molecule has 0 aliphatic rings. The highest BCUT2D eigenvalue weighted by Crippen LogP contribution is 2.24. The summed E-state index contributed by atoms with van der Waals surface area (Å²) in [5.74, 6) is 0. The molecule has 0 saturated carbocycles. The molecule has 0 aliphatic carbocycles. The van der Waals surface area contributed by atoms with Crippen LogP contribution in [0, 0.1) is 0 Å². The fourth-order valence-corrected chi connectivity index (χ4v) is 2.28. The van der Waals surface area contributed by atoms with Crippen molar-refractivity contribution in [3.05, 3.63) is 41.5 Å². The molecule has 0 atom stereocenters. The molecule has 3 heteroatoms. The fourth-order valence-electron chi connectivity index (χ4n) is 1.57. The van der Waals surface area contributed by atoms with Crippen molar-refractivity contribution in [2.75, 3.05) is 6.54 Å². The van der Waals surface area contributed by atoms with Crippen molar-refractivity contribution < 1.29 is 0 Å². The number of nitrogens with zero attached hydrogens (tertiary/aromatic N) is 1. The minimum atomic E-state index is 0.903. The van der Waals surface area contributed by atoms with Crippen LogP contribution in [-0.4, -0.2) is 11.5 Å². The molecule has 2 aromatic heterocycles. The zero-order chi connectivity index (χ0) is 11.2. The van der Waals surface area contributed by atoms with E-state index in [-0.39, 0.29) is 0 Å². The Hall–Kier alpha value is -1.19. The van der Waals surface area contributed by atoms with Crippen molar-refractivity contribution in [3.8, 4) is 10.4 Å². The molecule has 0 saturated heterocycles. The van der Waals surface area contributed by atoms with Crippen LogP contribution in [-0.2, 0) is 6.54 Å². The average Bonchev–Trinajstić information content (AvgIpc) is 2.83. The van der Waals surface area contributed by atoms with Gasteiger partial charge in [-0.3, -0.25) is 4.98 Å². The maximum atomic E-state index is 4.29. The van der Waals surface area contributed by atoms with Crippen LogP contribution < -0.4 is 5.32 Å². The van der Waals surface area contributed by atoms with Gasteiger partial charge in [0, 0.05) is 29.4 Å². The van der Waals surface area contributed by atoms with Crippen molar-refractivity contribution in [1.29, 1.82) is 0 Å². The van der Waals surface area contributed by atoms with Crippen LogP contribution in [0.2, 0.25) is 0 Å². The second kappa shape index (κ2) is 5.77. The lowest BCUT2D eigenvalue weighted by molar-refractivity contribution is 0.674. The molecule has 2 rings (SSSR count). The predicted molar refractivity (Wildman–Crippen MR) is 69.5 cm³/mol. The molecule has 0 fully saturated rings. The van der Waals surface area contributed by atoms with E-state index in [1.165, 1.54) is 16.0 Å². The molecule has 84 valence electrons. The lowest BCUT2D eigenvalue weighted by Gasteiger charge is -2.04. The van der Waals surface area contributed by atoms with E-state index in [4.69, 9.17) is 0 Å². The first-order chi connectivity index (χ1) is 7.90. The van der Waals surface area contributed by atoms with E-state index >= 15 is 0 Å². The predicted octanol–water partition coefficient (Wildman–Crippen LogP) is 3.31. The molecule has 2 nitrogen and oxygen atoms in total. The van der Waals surface area contributed by atoms with E-state index in [1.807, 2.05) is 12.4 Å². The van der Waals surface area contributed by atoms with Gasteiger partial charge in [0.1, 0.15) is 0 Å². The molecule has 0 spiro atoms. The van der Waals surface area contributed by atoms with Crippen LogP contribution in [0.3, 0.4) is 0 Å². The van der Waals surface area contributed by atoms with Gasteiger partial charge in [-0.25, -0.2) is 0 Å². The van der Waals surface area contributed by atoms with Crippen LogP contribution >= 0.6 is 11.3 Å². The summed E-state index contributed by atoms with van der Waals surface area (Å²) in [6, 6.07) is 6.41. The van der Waals surface area contributed by atoms with Gasteiger partial charge in [0.15, 0.2) is 0 Å². The summed E-state index contributed by atoms with van der Waals surface area (Å²) in [6.45, 7) is 4.14. The number of thiophene rings is 1. The summed E-state index contributed by atoms with van der Waals surface area (Å²) in [4.78, 5) is 5.57. The van der Waals surface area contributed by atoms with E-state index < -0.39 is 0 Å². The Morgan fingerprint density at radius 3 is 3.06 bits per heavy atom. The molecule has 1 N–H and O–H groups in total. The summed E-state index contributed by atoms with van der Waals surface area (Å²) < 4.78 is 0. The van der Waals surface area contributed by atoms with Gasteiger partial charge in [0.25, 0.3) is 0 Å². The number of rotatable bonds is 5. The van der Waals surface area contributed by atoms with Crippen LogP contribution in [0.15, 0.2) is 36.0 Å². The van der Waals surface area contributed by atoms with E-state index in [1.54, 1.807) is 11.3 Å². The molecule has 0 unspecified atom stereocenters. The number of hydrogen-bond donors (Lipinski definition) is 1. The summed E-state index contributed by atoms with van der Waals surface area (Å²) in [5.41, 5.74) is 2.46. The molecular weight excluding hydrogens is 216 g/mol. The van der Waals surface area contributed by atoms with E-state index in [2.05, 4.69) is 40.8 Å². The Morgan fingerprint density at radius 2 is 2.31 bits per heavy atom. The number of pyridine rings is 1. The van der Waals surface area contributed by atoms with Gasteiger partial charge in [-0.15, -0.1) is 11.3 Å². The van der Waals surface area contributed by atoms with E-state index in [0.717, 1.165) is 19.5 Å². The molecule has 0 aromatic carbocycles. The Morgan fingerprint density at radius 1 is 1.38 bits per heavy atom. The van der Waals surface area contributed by atoms with Gasteiger partial charge in [0.2, 0.25) is 0 Å². The molecule has 0 bridgehead atoms. The lowest BCUT2D eigenvalue weighted by Crippen LogP contribution is -2.13. The van der Waals surface area contributed by atoms with Crippen molar-refractivity contribution in [2.45, 2.75) is 19.9 Å². The Bertz CT molecular complexity index is 423. The monoisotopic (exact) mass is 232 g/mol. The summed E-state index contributed by atoms with van der Waals surface area (Å²) in [6.07, 6.45) is 5.02. The third-order valence-corrected chi connectivity index (χ3v) is 3.28. The minimum absolute atomic E-state index is 0.903. The third-order valence-electron chi connectivity index (χ3n) is 2.36. The van der Waals surface area contributed by atoms with Gasteiger partial charge >= 0.3 is 0 Å². The first-order valence-corrected chi connectivity index (χ1v) is 6.46. The minimum Gasteiger partial charge on any atom is -0.313 e. The first kappa shape index (κ1) is 11.3. The number of nitrogens with one attached hydrogen (secondary N) is 1. The van der Waals surface area contributed by atoms with Gasteiger partial charge in [-0.05, 0) is 36.0 Å². The Labute approximate surface area is 100 Å². The molecular formula is C13H16N2S. The van der Waals surface area contributed by atoms with Crippen molar-refractivity contribution >= 4 is 11.3 Å². The van der Waals surface area contributed by atoms with Crippen LogP contribution in [0.4, 0.5) is 0 Å². The Kier molecular flexibility index (Phi) is 4.08. The zero-order valence-electron chi connectivity index (χ0n) is 9.44. The smallest absolute Gasteiger partial charge is 0.0358 e. The number of hydrogen-bond acceptors (Lipinski definition) is 3. The highest BCUT2D eigenvalue weighted by atomic mass is 32.1. The molecule has 0 radical (unpaired) electrons. The second-order valence-corrected chi connectivity index (χ2v) is 4.68. The molecule has 2 aromatic rings. The van der Waals surface area contributed by atoms with Crippen molar-refractivity contribution in [3.63, 3.8) is 0 Å². The zero-order valence-corrected chi connectivity index (χ0v) is 10.3. The molecule has 0 aliphatic heterocycles. The maximum absolute atomic E-state index is 4.29. The highest BCUT2D eigenvalue weighted by molar-refractivity contribution is 7.13. The van der Waals surface area contributed by atoms with Gasteiger partial charge in [0.05, 0.1) is 0 Å². The highest BCUT2D eigenvalue weighted by Gasteiger charge is 2.00. The fraction of sp³-hybridized carbons (Fsp3) is 0.308. The standard InChI is InChI=1S/C13H16N2S/c1-2-5-14-8-11-7-12(10-15-9-11)13-4-3-6-16-13/h3-4,6-7,9-10,14H,2,5,8H2,1H3. The quantitative estimate of drug-likeness (QED) is 0.800. The topological polar surface area (TPSA) is 24.9 Å². The largest absolute Gasteiger partial charge is 0.313 e. The van der Waals surface area contributed by atoms with Gasteiger partial charge in [-0.1, -0.05) is 13.0 Å². The third kappa shape index (κ3) is 2.90. The normalized spacial score (nSPS) is 10.6. The van der Waals surface area contributed by atoms with Crippen molar-refractivity contribution in [1.82, 2.24) is 10.3 Å². The summed E-state index contributed by atoms with van der Waals surface area (Å²) in [7, 11) is 0. The van der Waals surface area contributed by atoms with Crippen molar-refractivity contribution in [2.24, 2.45) is 0 Å². The van der Waals surface area contributed by atoms with E-state index in [9.17, 15) is 0 Å². The van der Waals surface area contributed by atoms with Crippen LogP contribution in [0.5, 0.6) is 0 Å².